The number of thioether (sulfide) groups is 1. The molecule has 3 rings (SSSR count). The summed E-state index contributed by atoms with van der Waals surface area (Å²) in [6.07, 6.45) is 1.51. The number of aromatic nitrogens is 2. The highest BCUT2D eigenvalue weighted by atomic mass is 79.9. The van der Waals surface area contributed by atoms with Gasteiger partial charge in [0.25, 0.3) is 5.91 Å². The summed E-state index contributed by atoms with van der Waals surface area (Å²) >= 11 is 10.5. The molecule has 3 aromatic rings. The van der Waals surface area contributed by atoms with Gasteiger partial charge in [-0.3, -0.25) is 4.79 Å². The summed E-state index contributed by atoms with van der Waals surface area (Å²) in [5, 5.41) is 3.63. The average molecular weight is 453 g/mol. The first-order chi connectivity index (χ1) is 12.5. The van der Waals surface area contributed by atoms with E-state index < -0.39 is 11.7 Å². The van der Waals surface area contributed by atoms with Gasteiger partial charge in [-0.2, -0.15) is 0 Å². The number of benzene rings is 2. The molecule has 0 saturated carbocycles. The SMILES string of the molecule is O=C(Nc1ccccc1F)c1nc(SCc2ccc(Cl)cc2)ncc1Br. The zero-order valence-corrected chi connectivity index (χ0v) is 16.4. The summed E-state index contributed by atoms with van der Waals surface area (Å²) in [5.74, 6) is -0.395. The van der Waals surface area contributed by atoms with Crippen molar-refractivity contribution >= 4 is 50.9 Å². The molecule has 2 aromatic carbocycles. The van der Waals surface area contributed by atoms with Crippen molar-refractivity contribution < 1.29 is 9.18 Å². The van der Waals surface area contributed by atoms with Crippen molar-refractivity contribution in [3.8, 4) is 0 Å². The number of rotatable bonds is 5. The molecule has 1 aromatic heterocycles. The number of halogens is 3. The molecule has 8 heteroatoms. The van der Waals surface area contributed by atoms with Gasteiger partial charge in [-0.05, 0) is 45.8 Å². The summed E-state index contributed by atoms with van der Waals surface area (Å²) < 4.78 is 14.1. The van der Waals surface area contributed by atoms with E-state index in [1.807, 2.05) is 24.3 Å². The van der Waals surface area contributed by atoms with Crippen molar-refractivity contribution in [1.29, 1.82) is 0 Å². The van der Waals surface area contributed by atoms with Gasteiger partial charge in [0, 0.05) is 17.0 Å². The van der Waals surface area contributed by atoms with Crippen molar-refractivity contribution in [3.63, 3.8) is 0 Å². The van der Waals surface area contributed by atoms with Crippen LogP contribution in [0.5, 0.6) is 0 Å². The number of nitrogens with zero attached hydrogens (tertiary/aromatic N) is 2. The zero-order valence-electron chi connectivity index (χ0n) is 13.2. The van der Waals surface area contributed by atoms with Crippen LogP contribution in [-0.4, -0.2) is 15.9 Å². The fraction of sp³-hybridized carbons (Fsp3) is 0.0556. The summed E-state index contributed by atoms with van der Waals surface area (Å²) in [5.41, 5.74) is 1.29. The van der Waals surface area contributed by atoms with Crippen LogP contribution in [0, 0.1) is 5.82 Å². The molecule has 0 saturated heterocycles. The molecule has 0 aliphatic carbocycles. The van der Waals surface area contributed by atoms with Gasteiger partial charge in [-0.15, -0.1) is 0 Å². The van der Waals surface area contributed by atoms with Gasteiger partial charge >= 0.3 is 0 Å². The molecular formula is C18H12BrClFN3OS. The number of carbonyl (C=O) groups excluding carboxylic acids is 1. The third kappa shape index (κ3) is 4.81. The van der Waals surface area contributed by atoms with E-state index in [0.717, 1.165) is 5.56 Å². The number of nitrogens with one attached hydrogen (secondary N) is 1. The molecule has 0 spiro atoms. The smallest absolute Gasteiger partial charge is 0.275 e. The van der Waals surface area contributed by atoms with Crippen molar-refractivity contribution in [2.75, 3.05) is 5.32 Å². The summed E-state index contributed by atoms with van der Waals surface area (Å²) in [6, 6.07) is 13.4. The van der Waals surface area contributed by atoms with Gasteiger partial charge < -0.3 is 5.32 Å². The number of carbonyl (C=O) groups is 1. The molecule has 1 amide bonds. The summed E-state index contributed by atoms with van der Waals surface area (Å²) in [6.45, 7) is 0. The Morgan fingerprint density at radius 3 is 2.65 bits per heavy atom. The van der Waals surface area contributed by atoms with E-state index >= 15 is 0 Å². The second kappa shape index (κ2) is 8.62. The fourth-order valence-corrected chi connectivity index (χ4v) is 3.32. The van der Waals surface area contributed by atoms with Gasteiger partial charge in [0.05, 0.1) is 10.2 Å². The number of hydrogen-bond acceptors (Lipinski definition) is 4. The van der Waals surface area contributed by atoms with Gasteiger partial charge in [0.1, 0.15) is 11.5 Å². The summed E-state index contributed by atoms with van der Waals surface area (Å²) in [4.78, 5) is 20.9. The van der Waals surface area contributed by atoms with Crippen molar-refractivity contribution in [2.24, 2.45) is 0 Å². The molecule has 132 valence electrons. The molecule has 4 nitrogen and oxygen atoms in total. The molecule has 26 heavy (non-hydrogen) atoms. The van der Waals surface area contributed by atoms with E-state index in [-0.39, 0.29) is 11.4 Å². The highest BCUT2D eigenvalue weighted by Gasteiger charge is 2.16. The van der Waals surface area contributed by atoms with E-state index in [1.165, 1.54) is 30.1 Å². The van der Waals surface area contributed by atoms with E-state index in [2.05, 4.69) is 31.2 Å². The van der Waals surface area contributed by atoms with E-state index in [1.54, 1.807) is 12.1 Å². The maximum absolute atomic E-state index is 13.7. The van der Waals surface area contributed by atoms with Crippen LogP contribution in [0.2, 0.25) is 5.02 Å². The monoisotopic (exact) mass is 451 g/mol. The third-order valence-electron chi connectivity index (χ3n) is 3.34. The van der Waals surface area contributed by atoms with Crippen LogP contribution in [0.1, 0.15) is 16.1 Å². The molecule has 0 fully saturated rings. The lowest BCUT2D eigenvalue weighted by Gasteiger charge is -2.08. The van der Waals surface area contributed by atoms with Crippen molar-refractivity contribution in [2.45, 2.75) is 10.9 Å². The van der Waals surface area contributed by atoms with Gasteiger partial charge in [0.2, 0.25) is 0 Å². The number of anilines is 1. The van der Waals surface area contributed by atoms with Crippen LogP contribution in [-0.2, 0) is 5.75 Å². The quantitative estimate of drug-likeness (QED) is 0.406. The van der Waals surface area contributed by atoms with Gasteiger partial charge in [-0.25, -0.2) is 14.4 Å². The Bertz CT molecular complexity index is 940. The van der Waals surface area contributed by atoms with Crippen LogP contribution < -0.4 is 5.32 Å². The Kier molecular flexibility index (Phi) is 6.24. The third-order valence-corrected chi connectivity index (χ3v) is 5.11. The van der Waals surface area contributed by atoms with E-state index in [9.17, 15) is 9.18 Å². The Morgan fingerprint density at radius 2 is 1.92 bits per heavy atom. The minimum Gasteiger partial charge on any atom is -0.318 e. The lowest BCUT2D eigenvalue weighted by Crippen LogP contribution is -2.16. The molecule has 0 aliphatic rings. The molecule has 1 N–H and O–H groups in total. The maximum atomic E-state index is 13.7. The predicted octanol–water partition coefficient (Wildman–Crippen LogP) is 5.58. The predicted molar refractivity (Wildman–Crippen MR) is 105 cm³/mol. The van der Waals surface area contributed by atoms with Crippen molar-refractivity contribution in [1.82, 2.24) is 9.97 Å². The molecule has 0 atom stereocenters. The Hall–Kier alpha value is -1.96. The number of hydrogen-bond donors (Lipinski definition) is 1. The fourth-order valence-electron chi connectivity index (χ4n) is 2.05. The zero-order chi connectivity index (χ0) is 18.5. The number of amides is 1. The Balaban J connectivity index is 1.73. The minimum absolute atomic E-state index is 0.0957. The van der Waals surface area contributed by atoms with Gasteiger partial charge in [0.15, 0.2) is 5.16 Å². The summed E-state index contributed by atoms with van der Waals surface area (Å²) in [7, 11) is 0. The van der Waals surface area contributed by atoms with Crippen molar-refractivity contribution in [3.05, 3.63) is 81.3 Å². The Labute approximate surface area is 167 Å². The highest BCUT2D eigenvalue weighted by molar-refractivity contribution is 9.10. The molecule has 0 radical (unpaired) electrons. The van der Waals surface area contributed by atoms with Crippen LogP contribution >= 0.6 is 39.3 Å². The van der Waals surface area contributed by atoms with Crippen LogP contribution in [0.4, 0.5) is 10.1 Å². The molecule has 0 aliphatic heterocycles. The molecular weight excluding hydrogens is 441 g/mol. The van der Waals surface area contributed by atoms with Crippen LogP contribution in [0.25, 0.3) is 0 Å². The highest BCUT2D eigenvalue weighted by Crippen LogP contribution is 2.24. The van der Waals surface area contributed by atoms with Gasteiger partial charge in [-0.1, -0.05) is 47.6 Å². The topological polar surface area (TPSA) is 54.9 Å². The second-order valence-corrected chi connectivity index (χ2v) is 7.43. The lowest BCUT2D eigenvalue weighted by atomic mass is 10.2. The van der Waals surface area contributed by atoms with Crippen LogP contribution in [0.15, 0.2) is 64.4 Å². The van der Waals surface area contributed by atoms with E-state index in [0.29, 0.717) is 20.4 Å². The molecule has 1 heterocycles. The first-order valence-corrected chi connectivity index (χ1v) is 9.64. The first-order valence-electron chi connectivity index (χ1n) is 7.48. The lowest BCUT2D eigenvalue weighted by molar-refractivity contribution is 0.102. The standard InChI is InChI=1S/C18H12BrClFN3OS/c19-13-9-22-18(26-10-11-5-7-12(20)8-6-11)24-16(13)17(25)23-15-4-2-1-3-14(15)21/h1-9H,10H2,(H,23,25). The van der Waals surface area contributed by atoms with E-state index in [4.69, 9.17) is 11.6 Å². The minimum atomic E-state index is -0.516. The molecule has 0 bridgehead atoms. The largest absolute Gasteiger partial charge is 0.318 e. The van der Waals surface area contributed by atoms with Crippen LogP contribution in [0.3, 0.4) is 0 Å². The normalized spacial score (nSPS) is 10.6. The average Bonchev–Trinajstić information content (AvgIpc) is 2.64. The molecule has 0 unspecified atom stereocenters. The maximum Gasteiger partial charge on any atom is 0.275 e. The Morgan fingerprint density at radius 1 is 1.19 bits per heavy atom. The number of para-hydroxylation sites is 1. The second-order valence-electron chi connectivity index (χ2n) is 5.20. The first kappa shape index (κ1) is 18.8.